The quantitative estimate of drug-likeness (QED) is 0.220. The Kier molecular flexibility index (Phi) is 7.08. The minimum absolute atomic E-state index is 0.0327. The summed E-state index contributed by atoms with van der Waals surface area (Å²) in [4.78, 5) is 12.6. The molecule has 5 N–H and O–H groups in total. The molecule has 10 heteroatoms. The minimum atomic E-state index is -2.01. The van der Waals surface area contributed by atoms with Crippen LogP contribution in [-0.2, 0) is 31.4 Å². The fourth-order valence-electron chi connectivity index (χ4n) is 4.11. The van der Waals surface area contributed by atoms with E-state index in [2.05, 4.69) is 15.9 Å². The zero-order chi connectivity index (χ0) is 24.5. The predicted octanol–water partition coefficient (Wildman–Crippen LogP) is 1.84. The number of phenols is 2. The van der Waals surface area contributed by atoms with E-state index in [-0.39, 0.29) is 17.9 Å². The molecule has 1 fully saturated rings. The standard InChI is InChI=1S/C24H23BrO9/c25-16-7-3-1-5-13(16)6-2-4-8-19(29)33-23-22(31)21(30)18(11-26)34-24(23)20-14(12-32-24)9-15(27)10-17(20)28/h1-10,18,21-23,26-28,30-31H,11-12H2/b6-2+,8-4+/t18-,21-,22+,23-,24+/m1/s1. The van der Waals surface area contributed by atoms with Gasteiger partial charge < -0.3 is 39.7 Å². The van der Waals surface area contributed by atoms with Crippen LogP contribution in [0.5, 0.6) is 11.5 Å². The molecule has 2 heterocycles. The highest BCUT2D eigenvalue weighted by Crippen LogP contribution is 2.51. The number of fused-ring (bicyclic) bond motifs is 2. The van der Waals surface area contributed by atoms with Gasteiger partial charge in [0.2, 0.25) is 5.79 Å². The number of carbonyl (C=O) groups is 1. The lowest BCUT2D eigenvalue weighted by molar-refractivity contribution is -0.369. The molecular formula is C24H23BrO9. The summed E-state index contributed by atoms with van der Waals surface area (Å²) < 4.78 is 17.8. The van der Waals surface area contributed by atoms with Crippen LogP contribution in [0, 0.1) is 0 Å². The highest BCUT2D eigenvalue weighted by atomic mass is 79.9. The summed E-state index contributed by atoms with van der Waals surface area (Å²) in [7, 11) is 0. The molecule has 2 aromatic carbocycles. The smallest absolute Gasteiger partial charge is 0.331 e. The first-order valence-corrected chi connectivity index (χ1v) is 11.2. The number of hydrogen-bond donors (Lipinski definition) is 5. The van der Waals surface area contributed by atoms with Gasteiger partial charge in [0.05, 0.1) is 18.8 Å². The molecule has 0 unspecified atom stereocenters. The lowest BCUT2D eigenvalue weighted by Gasteiger charge is -2.47. The molecule has 9 nitrogen and oxygen atoms in total. The van der Waals surface area contributed by atoms with E-state index in [0.29, 0.717) is 5.56 Å². The molecule has 1 saturated heterocycles. The van der Waals surface area contributed by atoms with Crippen molar-refractivity contribution in [1.82, 2.24) is 0 Å². The van der Waals surface area contributed by atoms with Gasteiger partial charge in [-0.2, -0.15) is 0 Å². The minimum Gasteiger partial charge on any atom is -0.508 e. The van der Waals surface area contributed by atoms with Crippen LogP contribution in [-0.4, -0.2) is 62.5 Å². The second-order valence-corrected chi connectivity index (χ2v) is 8.73. The van der Waals surface area contributed by atoms with Gasteiger partial charge in [-0.1, -0.05) is 52.4 Å². The van der Waals surface area contributed by atoms with Gasteiger partial charge in [0.25, 0.3) is 0 Å². The maximum atomic E-state index is 12.6. The highest BCUT2D eigenvalue weighted by molar-refractivity contribution is 9.10. The number of aliphatic hydroxyl groups is 3. The van der Waals surface area contributed by atoms with Crippen LogP contribution in [0.25, 0.3) is 6.08 Å². The van der Waals surface area contributed by atoms with Crippen molar-refractivity contribution in [3.63, 3.8) is 0 Å². The highest BCUT2D eigenvalue weighted by Gasteiger charge is 2.61. The first kappa shape index (κ1) is 24.4. The van der Waals surface area contributed by atoms with E-state index in [4.69, 9.17) is 14.2 Å². The third kappa shape index (κ3) is 4.48. The third-order valence-electron chi connectivity index (χ3n) is 5.66. The fraction of sp³-hybridized carbons (Fsp3) is 0.292. The first-order valence-electron chi connectivity index (χ1n) is 10.4. The Morgan fingerprint density at radius 2 is 1.94 bits per heavy atom. The Morgan fingerprint density at radius 3 is 2.68 bits per heavy atom. The van der Waals surface area contributed by atoms with Crippen molar-refractivity contribution in [3.8, 4) is 11.5 Å². The van der Waals surface area contributed by atoms with Gasteiger partial charge >= 0.3 is 5.97 Å². The molecule has 0 radical (unpaired) electrons. The van der Waals surface area contributed by atoms with Crippen molar-refractivity contribution >= 4 is 28.0 Å². The summed E-state index contributed by atoms with van der Waals surface area (Å²) in [5.74, 6) is -3.51. The number of aliphatic hydroxyl groups excluding tert-OH is 3. The van der Waals surface area contributed by atoms with E-state index >= 15 is 0 Å². The largest absolute Gasteiger partial charge is 0.508 e. The molecule has 0 aromatic heterocycles. The molecule has 2 aliphatic rings. The van der Waals surface area contributed by atoms with Crippen LogP contribution in [0.15, 0.2) is 59.1 Å². The van der Waals surface area contributed by atoms with Crippen LogP contribution in [0.3, 0.4) is 0 Å². The van der Waals surface area contributed by atoms with Gasteiger partial charge in [-0.15, -0.1) is 0 Å². The van der Waals surface area contributed by atoms with Crippen molar-refractivity contribution in [2.45, 2.75) is 36.8 Å². The summed E-state index contributed by atoms with van der Waals surface area (Å²) in [6.45, 7) is -0.811. The van der Waals surface area contributed by atoms with Gasteiger partial charge in [0.15, 0.2) is 6.10 Å². The van der Waals surface area contributed by atoms with E-state index in [1.165, 1.54) is 12.1 Å². The van der Waals surface area contributed by atoms with Crippen molar-refractivity contribution in [1.29, 1.82) is 0 Å². The van der Waals surface area contributed by atoms with Crippen molar-refractivity contribution in [2.75, 3.05) is 6.61 Å². The monoisotopic (exact) mass is 534 g/mol. The zero-order valence-corrected chi connectivity index (χ0v) is 19.3. The normalized spacial score (nSPS) is 28.6. The Morgan fingerprint density at radius 1 is 1.18 bits per heavy atom. The maximum Gasteiger partial charge on any atom is 0.331 e. The molecule has 0 amide bonds. The Bertz CT molecular complexity index is 1130. The van der Waals surface area contributed by atoms with Crippen molar-refractivity contribution in [3.05, 3.63) is 75.8 Å². The van der Waals surface area contributed by atoms with Gasteiger partial charge in [-0.3, -0.25) is 0 Å². The average Bonchev–Trinajstić information content (AvgIpc) is 3.17. The van der Waals surface area contributed by atoms with E-state index in [1.807, 2.05) is 24.3 Å². The van der Waals surface area contributed by atoms with E-state index in [0.717, 1.165) is 22.2 Å². The summed E-state index contributed by atoms with van der Waals surface area (Å²) in [6.07, 6.45) is -0.237. The number of allylic oxidation sites excluding steroid dienone is 2. The molecule has 2 aliphatic heterocycles. The molecule has 0 saturated carbocycles. The molecular weight excluding hydrogens is 512 g/mol. The van der Waals surface area contributed by atoms with Crippen LogP contribution in [0.2, 0.25) is 0 Å². The van der Waals surface area contributed by atoms with Crippen LogP contribution in [0.4, 0.5) is 0 Å². The molecule has 1 spiro atoms. The Labute approximate surface area is 203 Å². The number of rotatable bonds is 5. The summed E-state index contributed by atoms with van der Waals surface area (Å²) in [6, 6.07) is 9.89. The number of phenolic OH excluding ortho intramolecular Hbond substituents is 2. The number of hydrogen-bond acceptors (Lipinski definition) is 9. The van der Waals surface area contributed by atoms with Crippen LogP contribution < -0.4 is 0 Å². The number of esters is 1. The summed E-state index contributed by atoms with van der Waals surface area (Å²) >= 11 is 3.42. The van der Waals surface area contributed by atoms with Crippen molar-refractivity contribution in [2.24, 2.45) is 0 Å². The Hall–Kier alpha value is -2.73. The second-order valence-electron chi connectivity index (χ2n) is 7.87. The molecule has 4 rings (SSSR count). The molecule has 2 aromatic rings. The fourth-order valence-corrected chi connectivity index (χ4v) is 4.52. The number of benzene rings is 2. The van der Waals surface area contributed by atoms with Gasteiger partial charge in [0, 0.05) is 16.6 Å². The van der Waals surface area contributed by atoms with Crippen molar-refractivity contribution < 1.29 is 44.5 Å². The Balaban J connectivity index is 1.60. The topological polar surface area (TPSA) is 146 Å². The maximum absolute atomic E-state index is 12.6. The number of aromatic hydroxyl groups is 2. The molecule has 180 valence electrons. The van der Waals surface area contributed by atoms with Gasteiger partial charge in [0.1, 0.15) is 29.8 Å². The predicted molar refractivity (Wildman–Crippen MR) is 122 cm³/mol. The number of halogens is 1. The average molecular weight is 535 g/mol. The summed E-state index contributed by atoms with van der Waals surface area (Å²) in [5.41, 5.74) is 1.26. The molecule has 0 bridgehead atoms. The lowest BCUT2D eigenvalue weighted by atomic mass is 9.86. The van der Waals surface area contributed by atoms with E-state index < -0.39 is 48.5 Å². The zero-order valence-electron chi connectivity index (χ0n) is 17.7. The van der Waals surface area contributed by atoms with E-state index in [1.54, 1.807) is 12.2 Å². The van der Waals surface area contributed by atoms with Gasteiger partial charge in [-0.25, -0.2) is 4.79 Å². The van der Waals surface area contributed by atoms with Crippen LogP contribution >= 0.6 is 15.9 Å². The van der Waals surface area contributed by atoms with E-state index in [9.17, 15) is 30.3 Å². The molecule has 34 heavy (non-hydrogen) atoms. The van der Waals surface area contributed by atoms with Gasteiger partial charge in [-0.05, 0) is 23.3 Å². The number of ether oxygens (including phenoxy) is 3. The SMILES string of the molecule is O=C(/C=C/C=C/c1ccccc1Br)O[C@@H]1[C@@H](O)[C@H](O)[C@@H](CO)O[C@]12OCc1cc(O)cc(O)c12. The third-order valence-corrected chi connectivity index (χ3v) is 6.39. The van der Waals surface area contributed by atoms with Crippen LogP contribution in [0.1, 0.15) is 16.7 Å². The lowest BCUT2D eigenvalue weighted by Crippen LogP contribution is -2.64. The molecule has 0 aliphatic carbocycles. The number of carbonyl (C=O) groups excluding carboxylic acids is 1. The summed E-state index contributed by atoms with van der Waals surface area (Å²) in [5, 5.41) is 51.1. The molecule has 5 atom stereocenters. The second kappa shape index (κ2) is 9.87. The first-order chi connectivity index (χ1) is 16.3.